The number of amides is 4. The van der Waals surface area contributed by atoms with E-state index in [2.05, 4.69) is 36.9 Å². The Balaban J connectivity index is 1.85. The third-order valence-corrected chi connectivity index (χ3v) is 7.91. The van der Waals surface area contributed by atoms with Crippen LogP contribution < -0.4 is 16.0 Å². The van der Waals surface area contributed by atoms with Crippen molar-refractivity contribution in [2.45, 2.75) is 90.3 Å². The molecule has 11 heteroatoms. The van der Waals surface area contributed by atoms with Crippen LogP contribution in [0.4, 0.5) is 4.79 Å². The van der Waals surface area contributed by atoms with Crippen molar-refractivity contribution in [2.75, 3.05) is 13.1 Å². The molecule has 2 aromatic rings. The first-order valence-corrected chi connectivity index (χ1v) is 15.0. The van der Waals surface area contributed by atoms with E-state index in [-0.39, 0.29) is 24.8 Å². The van der Waals surface area contributed by atoms with Crippen LogP contribution in [0.15, 0.2) is 28.9 Å². The Bertz CT molecular complexity index is 1180. The average Bonchev–Trinajstić information content (AvgIpc) is 3.24. The smallest absolute Gasteiger partial charge is 0.326 e. The van der Waals surface area contributed by atoms with Gasteiger partial charge in [-0.2, -0.15) is 0 Å². The average molecular weight is 621 g/mol. The van der Waals surface area contributed by atoms with Gasteiger partial charge in [-0.3, -0.25) is 9.59 Å². The highest BCUT2D eigenvalue weighted by Gasteiger charge is 2.32. The van der Waals surface area contributed by atoms with Gasteiger partial charge in [-0.15, -0.1) is 0 Å². The van der Waals surface area contributed by atoms with Gasteiger partial charge in [0.2, 0.25) is 11.8 Å². The Labute approximate surface area is 244 Å². The number of halogens is 1. The number of carboxylic acid groups (broad SMARTS) is 1. The van der Waals surface area contributed by atoms with Crippen LogP contribution in [0.5, 0.6) is 0 Å². The van der Waals surface area contributed by atoms with Gasteiger partial charge < -0.3 is 30.9 Å². The lowest BCUT2D eigenvalue weighted by Gasteiger charge is -2.30. The largest absolute Gasteiger partial charge is 0.480 e. The fraction of sp³-hybridized carbons (Fsp3) is 0.586. The number of carboxylic acids is 1. The number of para-hydroxylation sites is 1. The maximum Gasteiger partial charge on any atom is 0.326 e. The molecule has 1 saturated heterocycles. The molecule has 1 aromatic carbocycles. The SMILES string of the molecule is CCCC[C@@H](NC(=O)[C@@H](Cc1c(Br)[nH]c2ccccc12)NC(=O)[C@H](CC(C)C)NC(=O)N1CCCCC1)C(=O)O. The zero-order chi connectivity index (χ0) is 29.2. The molecule has 2 heterocycles. The molecule has 5 N–H and O–H groups in total. The van der Waals surface area contributed by atoms with Gasteiger partial charge in [-0.25, -0.2) is 9.59 Å². The number of fused-ring (bicyclic) bond motifs is 1. The molecule has 1 aliphatic rings. The van der Waals surface area contributed by atoms with E-state index in [9.17, 15) is 24.3 Å². The summed E-state index contributed by atoms with van der Waals surface area (Å²) in [4.78, 5) is 56.9. The summed E-state index contributed by atoms with van der Waals surface area (Å²) in [6.45, 7) is 7.18. The molecule has 0 unspecified atom stereocenters. The number of aromatic nitrogens is 1. The van der Waals surface area contributed by atoms with Crippen molar-refractivity contribution >= 4 is 50.6 Å². The lowest BCUT2D eigenvalue weighted by atomic mass is 10.0. The molecule has 1 fully saturated rings. The summed E-state index contributed by atoms with van der Waals surface area (Å²) in [6.07, 6.45) is 5.17. The highest BCUT2D eigenvalue weighted by atomic mass is 79.9. The summed E-state index contributed by atoms with van der Waals surface area (Å²) < 4.78 is 0.679. The maximum atomic E-state index is 13.6. The molecule has 40 heavy (non-hydrogen) atoms. The first-order chi connectivity index (χ1) is 19.1. The number of nitrogens with zero attached hydrogens (tertiary/aromatic N) is 1. The number of unbranched alkanes of at least 4 members (excludes halogenated alkanes) is 1. The topological polar surface area (TPSA) is 144 Å². The minimum Gasteiger partial charge on any atom is -0.480 e. The molecule has 0 saturated carbocycles. The van der Waals surface area contributed by atoms with Gasteiger partial charge in [-0.05, 0) is 65.6 Å². The molecular weight excluding hydrogens is 578 g/mol. The van der Waals surface area contributed by atoms with Gasteiger partial charge in [0, 0.05) is 30.4 Å². The molecule has 220 valence electrons. The van der Waals surface area contributed by atoms with E-state index in [4.69, 9.17) is 0 Å². The Morgan fingerprint density at radius 1 is 0.975 bits per heavy atom. The molecule has 1 aliphatic heterocycles. The van der Waals surface area contributed by atoms with E-state index < -0.39 is 35.9 Å². The predicted octanol–water partition coefficient (Wildman–Crippen LogP) is 4.33. The van der Waals surface area contributed by atoms with Crippen LogP contribution in [0, 0.1) is 5.92 Å². The Morgan fingerprint density at radius 2 is 1.62 bits per heavy atom. The van der Waals surface area contributed by atoms with Crippen molar-refractivity contribution in [3.8, 4) is 0 Å². The van der Waals surface area contributed by atoms with Crippen molar-refractivity contribution in [1.29, 1.82) is 0 Å². The van der Waals surface area contributed by atoms with Gasteiger partial charge >= 0.3 is 12.0 Å². The number of hydrogen-bond donors (Lipinski definition) is 5. The maximum absolute atomic E-state index is 13.6. The second-order valence-corrected chi connectivity index (χ2v) is 11.7. The van der Waals surface area contributed by atoms with Crippen molar-refractivity contribution in [2.24, 2.45) is 5.92 Å². The van der Waals surface area contributed by atoms with Crippen LogP contribution in [0.25, 0.3) is 10.9 Å². The molecule has 1 aromatic heterocycles. The summed E-state index contributed by atoms with van der Waals surface area (Å²) >= 11 is 3.54. The third-order valence-electron chi connectivity index (χ3n) is 7.23. The minimum atomic E-state index is -1.12. The fourth-order valence-electron chi connectivity index (χ4n) is 5.03. The molecule has 4 amide bonds. The Kier molecular flexibility index (Phi) is 11.8. The van der Waals surface area contributed by atoms with Crippen LogP contribution in [0.3, 0.4) is 0 Å². The number of aliphatic carboxylic acids is 1. The molecule has 0 spiro atoms. The van der Waals surface area contributed by atoms with E-state index in [1.807, 2.05) is 45.0 Å². The molecule has 3 atom stereocenters. The summed E-state index contributed by atoms with van der Waals surface area (Å²) in [7, 11) is 0. The minimum absolute atomic E-state index is 0.109. The summed E-state index contributed by atoms with van der Waals surface area (Å²) in [5, 5.41) is 19.0. The second kappa shape index (κ2) is 15.1. The predicted molar refractivity (Wildman–Crippen MR) is 158 cm³/mol. The summed E-state index contributed by atoms with van der Waals surface area (Å²) in [6, 6.07) is 4.37. The zero-order valence-corrected chi connectivity index (χ0v) is 25.2. The van der Waals surface area contributed by atoms with Gasteiger partial charge in [0.05, 0.1) is 4.60 Å². The number of H-pyrrole nitrogens is 1. The van der Waals surface area contributed by atoms with Crippen LogP contribution in [0.2, 0.25) is 0 Å². The first kappa shape index (κ1) is 31.4. The van der Waals surface area contributed by atoms with E-state index in [0.717, 1.165) is 42.1 Å². The molecule has 0 aliphatic carbocycles. The van der Waals surface area contributed by atoms with Crippen molar-refractivity contribution < 1.29 is 24.3 Å². The lowest BCUT2D eigenvalue weighted by Crippen LogP contribution is -2.58. The van der Waals surface area contributed by atoms with Crippen LogP contribution in [-0.4, -0.2) is 70.0 Å². The van der Waals surface area contributed by atoms with E-state index in [1.165, 1.54) is 0 Å². The first-order valence-electron chi connectivity index (χ1n) is 14.2. The quantitative estimate of drug-likeness (QED) is 0.227. The third kappa shape index (κ3) is 8.71. The van der Waals surface area contributed by atoms with E-state index >= 15 is 0 Å². The second-order valence-electron chi connectivity index (χ2n) is 10.9. The monoisotopic (exact) mass is 619 g/mol. The number of aromatic amines is 1. The number of hydrogen-bond acceptors (Lipinski definition) is 4. The number of urea groups is 1. The number of carbonyl (C=O) groups excluding carboxylic acids is 3. The number of likely N-dealkylation sites (tertiary alicyclic amines) is 1. The van der Waals surface area contributed by atoms with E-state index in [0.29, 0.717) is 30.5 Å². The fourth-order valence-corrected chi connectivity index (χ4v) is 5.62. The number of rotatable bonds is 13. The van der Waals surface area contributed by atoms with Crippen molar-refractivity contribution in [3.63, 3.8) is 0 Å². The normalized spacial score (nSPS) is 15.9. The number of piperidine rings is 1. The van der Waals surface area contributed by atoms with Crippen molar-refractivity contribution in [3.05, 3.63) is 34.4 Å². The molecule has 0 radical (unpaired) electrons. The van der Waals surface area contributed by atoms with Crippen LogP contribution in [0.1, 0.15) is 71.3 Å². The number of nitrogens with one attached hydrogen (secondary N) is 4. The van der Waals surface area contributed by atoms with Crippen LogP contribution >= 0.6 is 15.9 Å². The van der Waals surface area contributed by atoms with Gasteiger partial charge in [0.15, 0.2) is 0 Å². The highest BCUT2D eigenvalue weighted by molar-refractivity contribution is 9.10. The Hall–Kier alpha value is -3.08. The molecular formula is C29H42BrN5O5. The van der Waals surface area contributed by atoms with E-state index in [1.54, 1.807) is 4.90 Å². The Morgan fingerprint density at radius 3 is 2.27 bits per heavy atom. The standard InChI is InChI=1S/C29H42BrN5O5/c1-4-5-12-22(28(38)39)32-27(37)24(17-20-19-11-7-8-13-21(19)31-25(20)30)33-26(36)23(16-18(2)3)34-29(40)35-14-9-6-10-15-35/h7-8,11,13,18,22-24,31H,4-6,9-10,12,14-17H2,1-3H3,(H,32,37)(H,33,36)(H,34,40)(H,38,39)/t22-,23+,24-/m1/s1. The van der Waals surface area contributed by atoms with Gasteiger partial charge in [0.1, 0.15) is 18.1 Å². The zero-order valence-electron chi connectivity index (χ0n) is 23.6. The number of benzene rings is 1. The van der Waals surface area contributed by atoms with Gasteiger partial charge in [0.25, 0.3) is 0 Å². The summed E-state index contributed by atoms with van der Waals surface area (Å²) in [5.41, 5.74) is 1.65. The lowest BCUT2D eigenvalue weighted by molar-refractivity contribution is -0.142. The van der Waals surface area contributed by atoms with Crippen molar-refractivity contribution in [1.82, 2.24) is 25.8 Å². The highest BCUT2D eigenvalue weighted by Crippen LogP contribution is 2.27. The molecule has 3 rings (SSSR count). The number of carbonyl (C=O) groups is 4. The van der Waals surface area contributed by atoms with Gasteiger partial charge in [-0.1, -0.05) is 51.8 Å². The summed E-state index contributed by atoms with van der Waals surface area (Å²) in [5.74, 6) is -2.07. The van der Waals surface area contributed by atoms with Crippen LogP contribution in [-0.2, 0) is 20.8 Å². The molecule has 10 nitrogen and oxygen atoms in total. The molecule has 0 bridgehead atoms.